The number of benzene rings is 8. The Balaban J connectivity index is 0.000000297. The summed E-state index contributed by atoms with van der Waals surface area (Å²) in [6.45, 7) is 27.5. The number of hydrogen-bond acceptors (Lipinski definition) is 4. The molecule has 1 radical (unpaired) electrons. The predicted molar refractivity (Wildman–Crippen MR) is 313 cm³/mol. The van der Waals surface area contributed by atoms with Gasteiger partial charge in [-0.05, 0) is 133 Å². The van der Waals surface area contributed by atoms with Gasteiger partial charge in [0, 0.05) is 52.6 Å². The Kier molecular flexibility index (Phi) is 13.9. The van der Waals surface area contributed by atoms with Gasteiger partial charge in [-0.25, -0.2) is 0 Å². The van der Waals surface area contributed by atoms with Crippen molar-refractivity contribution in [1.29, 1.82) is 0 Å². The summed E-state index contributed by atoms with van der Waals surface area (Å²) < 4.78 is 31.4. The monoisotopic (exact) mass is 1170 g/mol. The molecule has 0 aliphatic carbocycles. The topological polar surface area (TPSA) is 56.7 Å². The number of rotatable bonds is 9. The molecule has 6 heteroatoms. The molecule has 0 bridgehead atoms. The van der Waals surface area contributed by atoms with Gasteiger partial charge >= 0.3 is 0 Å². The zero-order valence-corrected chi connectivity index (χ0v) is 48.1. The maximum atomic E-state index is 7.35. The van der Waals surface area contributed by atoms with E-state index in [1.807, 2.05) is 12.1 Å². The van der Waals surface area contributed by atoms with E-state index in [-0.39, 0.29) is 42.9 Å². The molecule has 0 spiro atoms. The molecule has 0 saturated heterocycles. The number of para-hydroxylation sites is 2. The molecule has 0 fully saturated rings. The van der Waals surface area contributed by atoms with Crippen molar-refractivity contribution in [3.63, 3.8) is 0 Å². The van der Waals surface area contributed by atoms with Crippen LogP contribution in [0.15, 0.2) is 144 Å². The van der Waals surface area contributed by atoms with Crippen LogP contribution in [0.3, 0.4) is 0 Å². The van der Waals surface area contributed by atoms with E-state index in [0.717, 1.165) is 50.1 Å². The molecule has 8 aromatic carbocycles. The molecule has 0 saturated carbocycles. The SMILES string of the molecule is CC(C)c1cc(C(C)C)c(-c2cc(C(C)C)c(-n3c(-c4[c-]ccc5c4oc4cc6c(ccc7ccccc76)cc45)nc4ccccc43)c(C(C)C)c2)c(C(C)C)c1.[2H]C([2H])([2H])c1c[c-]c(-c2nccc(C(C)(C)C)n2)cc1.[Ir]. The molecule has 11 aromatic rings. The van der Waals surface area contributed by atoms with Gasteiger partial charge in [0.05, 0.1) is 28.3 Å². The summed E-state index contributed by atoms with van der Waals surface area (Å²) in [7, 11) is 0. The Labute approximate surface area is 462 Å². The summed E-state index contributed by atoms with van der Waals surface area (Å²) in [5.74, 6) is 3.16. The smallest absolute Gasteiger partial charge is 0.121 e. The zero-order valence-electron chi connectivity index (χ0n) is 48.7. The van der Waals surface area contributed by atoms with E-state index in [4.69, 9.17) is 13.5 Å². The minimum atomic E-state index is -2.11. The van der Waals surface area contributed by atoms with Crippen LogP contribution < -0.4 is 0 Å². The van der Waals surface area contributed by atoms with Gasteiger partial charge in [0.15, 0.2) is 0 Å². The van der Waals surface area contributed by atoms with Crippen LogP contribution in [0.25, 0.3) is 94.1 Å². The van der Waals surface area contributed by atoms with Crippen LogP contribution in [0, 0.1) is 19.0 Å². The summed E-state index contributed by atoms with van der Waals surface area (Å²) in [4.78, 5) is 14.2. The van der Waals surface area contributed by atoms with Crippen molar-refractivity contribution in [3.8, 4) is 39.6 Å². The van der Waals surface area contributed by atoms with E-state index in [9.17, 15) is 0 Å². The number of imidazole rings is 1. The number of furan rings is 1. The van der Waals surface area contributed by atoms with Crippen molar-refractivity contribution < 1.29 is 28.6 Å². The van der Waals surface area contributed by atoms with Crippen molar-refractivity contribution >= 4 is 54.5 Å². The molecule has 3 heterocycles. The van der Waals surface area contributed by atoms with E-state index < -0.39 is 6.85 Å². The molecule has 11 rings (SSSR count). The normalized spacial score (nSPS) is 12.9. The summed E-state index contributed by atoms with van der Waals surface area (Å²) in [5, 5.41) is 7.03. The number of nitrogens with zero attached hydrogens (tertiary/aromatic N) is 4. The molecule has 383 valence electrons. The molecule has 3 aromatic heterocycles. The van der Waals surface area contributed by atoms with Gasteiger partial charge in [-0.1, -0.05) is 168 Å². The summed E-state index contributed by atoms with van der Waals surface area (Å²) in [6.07, 6.45) is 1.72. The first-order valence-electron chi connectivity index (χ1n) is 28.0. The second-order valence-electron chi connectivity index (χ2n) is 22.7. The van der Waals surface area contributed by atoms with Crippen LogP contribution in [-0.2, 0) is 25.5 Å². The van der Waals surface area contributed by atoms with Gasteiger partial charge in [0.2, 0.25) is 0 Å². The third-order valence-electron chi connectivity index (χ3n) is 14.6. The first-order valence-corrected chi connectivity index (χ1v) is 26.5. The van der Waals surface area contributed by atoms with Crippen LogP contribution in [-0.4, -0.2) is 19.5 Å². The van der Waals surface area contributed by atoms with Crippen molar-refractivity contribution in [2.45, 2.75) is 132 Å². The van der Waals surface area contributed by atoms with Crippen LogP contribution in [0.5, 0.6) is 0 Å². The number of aromatic nitrogens is 4. The van der Waals surface area contributed by atoms with E-state index in [0.29, 0.717) is 29.1 Å². The van der Waals surface area contributed by atoms with Crippen molar-refractivity contribution in [2.24, 2.45) is 0 Å². The fourth-order valence-electron chi connectivity index (χ4n) is 10.6. The minimum Gasteiger partial charge on any atom is -0.501 e. The Morgan fingerprint density at radius 2 is 1.27 bits per heavy atom. The van der Waals surface area contributed by atoms with Crippen LogP contribution >= 0.6 is 0 Å². The molecule has 0 atom stereocenters. The third kappa shape index (κ3) is 10.1. The summed E-state index contributed by atoms with van der Waals surface area (Å²) in [6, 6.07) is 53.4. The Morgan fingerprint density at radius 3 is 1.91 bits per heavy atom. The van der Waals surface area contributed by atoms with Crippen LogP contribution in [0.2, 0.25) is 0 Å². The quantitative estimate of drug-likeness (QED) is 0.107. The van der Waals surface area contributed by atoms with Crippen molar-refractivity contribution in [3.05, 3.63) is 191 Å². The first kappa shape index (κ1) is 49.2. The van der Waals surface area contributed by atoms with Gasteiger partial charge in [0.25, 0.3) is 0 Å². The average Bonchev–Trinajstić information content (AvgIpc) is 4.00. The zero-order chi connectivity index (χ0) is 54.8. The van der Waals surface area contributed by atoms with Crippen molar-refractivity contribution in [1.82, 2.24) is 19.5 Å². The van der Waals surface area contributed by atoms with Gasteiger partial charge in [0.1, 0.15) is 5.58 Å². The standard InChI is InChI=1S/C54H53N2O.C15H17N2.Ir/c1-30(2)37-25-42(31(3)4)51(43(26-37)32(5)6)38-27-44(33(7)8)52(45(28-38)34(9)10)56-49-21-14-13-20-48(49)55-54(56)41-19-15-18-40-47-24-36-23-22-35-16-11-12-17-39(35)46(36)29-50(47)57-53(40)41;1-11-5-7-12(8-6-11)14-16-10-9-13(17-14)15(2,3)4;/h11-18,20-34H,1-10H3;5-7,9-10H,1-4H3;/q2*-1;/i;1D3;. The van der Waals surface area contributed by atoms with Gasteiger partial charge in [-0.15, -0.1) is 53.6 Å². The van der Waals surface area contributed by atoms with E-state index in [1.54, 1.807) is 18.3 Å². The summed E-state index contributed by atoms with van der Waals surface area (Å²) >= 11 is 0. The van der Waals surface area contributed by atoms with E-state index in [2.05, 4.69) is 220 Å². The minimum absolute atomic E-state index is 0. The third-order valence-corrected chi connectivity index (χ3v) is 14.6. The first-order chi connectivity index (χ1) is 36.6. The average molecular weight is 1170 g/mol. The van der Waals surface area contributed by atoms with Gasteiger partial charge < -0.3 is 8.98 Å². The van der Waals surface area contributed by atoms with Gasteiger partial charge in [-0.3, -0.25) is 15.0 Å². The number of fused-ring (bicyclic) bond motifs is 7. The molecular formula is C69H70IrN4O-2. The second kappa shape index (κ2) is 21.1. The van der Waals surface area contributed by atoms with E-state index >= 15 is 0 Å². The molecule has 0 N–H and O–H groups in total. The predicted octanol–water partition coefficient (Wildman–Crippen LogP) is 19.5. The van der Waals surface area contributed by atoms with Crippen LogP contribution in [0.1, 0.15) is 163 Å². The Bertz CT molecular complexity index is 3940. The molecular weight excluding hydrogens is 1090 g/mol. The maximum Gasteiger partial charge on any atom is 0.121 e. The fourth-order valence-corrected chi connectivity index (χ4v) is 10.6. The molecule has 0 aliphatic heterocycles. The molecule has 0 aliphatic rings. The summed E-state index contributed by atoms with van der Waals surface area (Å²) in [5.41, 5.74) is 17.3. The van der Waals surface area contributed by atoms with E-state index in [1.165, 1.54) is 72.2 Å². The molecule has 5 nitrogen and oxygen atoms in total. The largest absolute Gasteiger partial charge is 0.501 e. The molecule has 0 unspecified atom stereocenters. The number of hydrogen-bond donors (Lipinski definition) is 0. The maximum absolute atomic E-state index is 7.35. The second-order valence-corrected chi connectivity index (χ2v) is 22.7. The Hall–Kier alpha value is -6.72. The fraction of sp³-hybridized carbons (Fsp3) is 0.290. The number of aryl methyl sites for hydroxylation is 1. The van der Waals surface area contributed by atoms with Crippen LogP contribution in [0.4, 0.5) is 0 Å². The molecule has 0 amide bonds. The molecule has 75 heavy (non-hydrogen) atoms. The van der Waals surface area contributed by atoms with Crippen molar-refractivity contribution in [2.75, 3.05) is 0 Å². The van der Waals surface area contributed by atoms with Gasteiger partial charge in [-0.2, -0.15) is 0 Å². The Morgan fingerprint density at radius 1 is 0.600 bits per heavy atom.